The number of rotatable bonds is 2. The lowest BCUT2D eigenvalue weighted by Gasteiger charge is -2.29. The van der Waals surface area contributed by atoms with E-state index in [0.717, 1.165) is 30.8 Å². The van der Waals surface area contributed by atoms with Crippen LogP contribution in [0.1, 0.15) is 25.3 Å². The van der Waals surface area contributed by atoms with Gasteiger partial charge in [-0.3, -0.25) is 9.69 Å². The van der Waals surface area contributed by atoms with Gasteiger partial charge in [0.25, 0.3) is 0 Å². The molecule has 1 aliphatic rings. The first kappa shape index (κ1) is 14.3. The number of halogens is 1. The number of carbonyl (C=O) groups is 1. The number of anilines is 1. The molecule has 0 radical (unpaired) electrons. The van der Waals surface area contributed by atoms with Crippen molar-refractivity contribution >= 4 is 40.5 Å². The summed E-state index contributed by atoms with van der Waals surface area (Å²) in [5.41, 5.74) is 1.79. The van der Waals surface area contributed by atoms with Gasteiger partial charge in [0, 0.05) is 24.5 Å². The van der Waals surface area contributed by atoms with Gasteiger partial charge in [0.2, 0.25) is 5.91 Å². The van der Waals surface area contributed by atoms with Crippen molar-refractivity contribution in [1.82, 2.24) is 4.90 Å². The highest BCUT2D eigenvalue weighted by Gasteiger charge is 2.27. The highest BCUT2D eigenvalue weighted by atomic mass is 35.5. The van der Waals surface area contributed by atoms with Gasteiger partial charge in [-0.05, 0) is 56.2 Å². The van der Waals surface area contributed by atoms with Crippen molar-refractivity contribution in [2.24, 2.45) is 0 Å². The Kier molecular flexibility index (Phi) is 4.42. The van der Waals surface area contributed by atoms with Crippen LogP contribution in [0.2, 0.25) is 5.02 Å². The number of carbonyl (C=O) groups excluding carboxylic acids is 1. The van der Waals surface area contributed by atoms with E-state index in [1.807, 2.05) is 19.1 Å². The van der Waals surface area contributed by atoms with Crippen LogP contribution < -0.4 is 4.90 Å². The number of nitrogens with zero attached hydrogens (tertiary/aromatic N) is 2. The molecule has 0 N–H and O–H groups in total. The Balaban J connectivity index is 2.43. The highest BCUT2D eigenvalue weighted by molar-refractivity contribution is 7.80. The van der Waals surface area contributed by atoms with Gasteiger partial charge in [-0.15, -0.1) is 0 Å². The molecule has 5 heteroatoms. The minimum atomic E-state index is 0.0615. The van der Waals surface area contributed by atoms with Crippen molar-refractivity contribution in [2.75, 3.05) is 18.0 Å². The molecule has 19 heavy (non-hydrogen) atoms. The first-order chi connectivity index (χ1) is 9.04. The zero-order valence-corrected chi connectivity index (χ0v) is 12.7. The van der Waals surface area contributed by atoms with E-state index in [9.17, 15) is 4.79 Å². The number of hydrogen-bond acceptors (Lipinski definition) is 2. The van der Waals surface area contributed by atoms with Crippen LogP contribution in [-0.4, -0.2) is 29.0 Å². The smallest absolute Gasteiger partial charge is 0.233 e. The summed E-state index contributed by atoms with van der Waals surface area (Å²) < 4.78 is 0. The molecule has 0 aromatic heterocycles. The average molecular weight is 297 g/mol. The monoisotopic (exact) mass is 296 g/mol. The minimum absolute atomic E-state index is 0.0615. The van der Waals surface area contributed by atoms with Crippen LogP contribution in [0, 0.1) is 6.92 Å². The summed E-state index contributed by atoms with van der Waals surface area (Å²) in [5, 5.41) is 1.26. The zero-order chi connectivity index (χ0) is 14.0. The maximum Gasteiger partial charge on any atom is 0.233 e. The molecule has 0 bridgehead atoms. The predicted octanol–water partition coefficient (Wildman–Crippen LogP) is 3.38. The van der Waals surface area contributed by atoms with Gasteiger partial charge in [0.15, 0.2) is 5.11 Å². The normalized spacial score (nSPS) is 16.8. The molecule has 2 rings (SSSR count). The van der Waals surface area contributed by atoms with Gasteiger partial charge in [-0.1, -0.05) is 11.6 Å². The maximum absolute atomic E-state index is 12.3. The average Bonchev–Trinajstić information content (AvgIpc) is 2.50. The fourth-order valence-electron chi connectivity index (χ4n) is 2.28. The Morgan fingerprint density at radius 1 is 1.42 bits per heavy atom. The Bertz CT molecular complexity index is 518. The van der Waals surface area contributed by atoms with Crippen molar-refractivity contribution in [2.45, 2.75) is 26.7 Å². The minimum Gasteiger partial charge on any atom is -0.349 e. The maximum atomic E-state index is 12.3. The molecule has 3 nitrogen and oxygen atoms in total. The molecule has 0 aliphatic carbocycles. The first-order valence-corrected chi connectivity index (χ1v) is 7.21. The van der Waals surface area contributed by atoms with E-state index in [4.69, 9.17) is 23.8 Å². The number of aryl methyl sites for hydroxylation is 1. The predicted molar refractivity (Wildman–Crippen MR) is 82.8 cm³/mol. The van der Waals surface area contributed by atoms with E-state index in [1.54, 1.807) is 11.0 Å². The summed E-state index contributed by atoms with van der Waals surface area (Å²) >= 11 is 11.5. The lowest BCUT2D eigenvalue weighted by atomic mass is 10.1. The summed E-state index contributed by atoms with van der Waals surface area (Å²) in [5.74, 6) is 0.0615. The zero-order valence-electron chi connectivity index (χ0n) is 11.1. The van der Waals surface area contributed by atoms with Gasteiger partial charge in [-0.25, -0.2) is 0 Å². The number of hydrogen-bond donors (Lipinski definition) is 0. The summed E-state index contributed by atoms with van der Waals surface area (Å²) in [7, 11) is 0. The molecule has 0 saturated carbocycles. The fourth-order valence-corrected chi connectivity index (χ4v) is 2.92. The number of amides is 1. The second kappa shape index (κ2) is 5.88. The summed E-state index contributed by atoms with van der Waals surface area (Å²) in [6, 6.07) is 5.51. The second-order valence-electron chi connectivity index (χ2n) is 4.63. The molecule has 1 aromatic rings. The van der Waals surface area contributed by atoms with Crippen LogP contribution in [0.5, 0.6) is 0 Å². The van der Waals surface area contributed by atoms with Crippen LogP contribution in [0.15, 0.2) is 18.2 Å². The van der Waals surface area contributed by atoms with E-state index >= 15 is 0 Å². The Labute approximate surface area is 124 Å². The molecule has 1 fully saturated rings. The van der Waals surface area contributed by atoms with Crippen molar-refractivity contribution in [3.8, 4) is 0 Å². The molecule has 1 amide bonds. The third kappa shape index (κ3) is 2.90. The third-order valence-electron chi connectivity index (χ3n) is 3.31. The number of thiocarbonyl (C=S) groups is 1. The first-order valence-electron chi connectivity index (χ1n) is 6.42. The van der Waals surface area contributed by atoms with Crippen LogP contribution in [-0.2, 0) is 4.79 Å². The van der Waals surface area contributed by atoms with Gasteiger partial charge in [0.1, 0.15) is 0 Å². The molecule has 0 spiro atoms. The van der Waals surface area contributed by atoms with Crippen molar-refractivity contribution in [3.63, 3.8) is 0 Å². The van der Waals surface area contributed by atoms with Crippen LogP contribution in [0.4, 0.5) is 5.69 Å². The SMILES string of the molecule is CCN1CCCC(=O)N(c2ccc(Cl)cc2C)C1=S. The van der Waals surface area contributed by atoms with Crippen molar-refractivity contribution < 1.29 is 4.79 Å². The quantitative estimate of drug-likeness (QED) is 0.782. The fraction of sp³-hybridized carbons (Fsp3) is 0.429. The number of benzene rings is 1. The van der Waals surface area contributed by atoms with Gasteiger partial charge >= 0.3 is 0 Å². The van der Waals surface area contributed by atoms with E-state index in [0.29, 0.717) is 16.6 Å². The van der Waals surface area contributed by atoms with Crippen LogP contribution in [0.25, 0.3) is 0 Å². The van der Waals surface area contributed by atoms with E-state index < -0.39 is 0 Å². The third-order valence-corrected chi connectivity index (χ3v) is 3.99. The lowest BCUT2D eigenvalue weighted by molar-refractivity contribution is -0.117. The van der Waals surface area contributed by atoms with E-state index in [2.05, 4.69) is 11.8 Å². The molecule has 0 atom stereocenters. The molecule has 1 saturated heterocycles. The van der Waals surface area contributed by atoms with Crippen molar-refractivity contribution in [3.05, 3.63) is 28.8 Å². The Hall–Kier alpha value is -1.13. The Morgan fingerprint density at radius 3 is 2.79 bits per heavy atom. The molecule has 0 unspecified atom stereocenters. The second-order valence-corrected chi connectivity index (χ2v) is 5.43. The summed E-state index contributed by atoms with van der Waals surface area (Å²) in [6.45, 7) is 5.65. The van der Waals surface area contributed by atoms with Crippen LogP contribution in [0.3, 0.4) is 0 Å². The van der Waals surface area contributed by atoms with Crippen LogP contribution >= 0.6 is 23.8 Å². The topological polar surface area (TPSA) is 23.6 Å². The van der Waals surface area contributed by atoms with Gasteiger partial charge in [-0.2, -0.15) is 0 Å². The van der Waals surface area contributed by atoms with Gasteiger partial charge < -0.3 is 4.90 Å². The molecule has 1 heterocycles. The van der Waals surface area contributed by atoms with E-state index in [-0.39, 0.29) is 5.91 Å². The van der Waals surface area contributed by atoms with E-state index in [1.165, 1.54) is 0 Å². The lowest BCUT2D eigenvalue weighted by Crippen LogP contribution is -2.44. The largest absolute Gasteiger partial charge is 0.349 e. The van der Waals surface area contributed by atoms with Gasteiger partial charge in [0.05, 0.1) is 5.69 Å². The molecular formula is C14H17ClN2OS. The Morgan fingerprint density at radius 2 is 2.16 bits per heavy atom. The molecule has 1 aromatic carbocycles. The molecular weight excluding hydrogens is 280 g/mol. The van der Waals surface area contributed by atoms with Crippen molar-refractivity contribution in [1.29, 1.82) is 0 Å². The molecule has 1 aliphatic heterocycles. The summed E-state index contributed by atoms with van der Waals surface area (Å²) in [6.07, 6.45) is 1.37. The molecule has 102 valence electrons. The summed E-state index contributed by atoms with van der Waals surface area (Å²) in [4.78, 5) is 16.0. The standard InChI is InChI=1S/C14H17ClN2OS/c1-3-16-8-4-5-13(18)17(14(16)19)12-7-6-11(15)9-10(12)2/h6-7,9H,3-5,8H2,1-2H3. The highest BCUT2D eigenvalue weighted by Crippen LogP contribution is 2.27.